The Bertz CT molecular complexity index is 404. The molecule has 0 saturated carbocycles. The van der Waals surface area contributed by atoms with Crippen LogP contribution >= 0.6 is 0 Å². The monoisotopic (exact) mass is 237 g/mol. The number of aryl methyl sites for hydroxylation is 1. The molecule has 0 unspecified atom stereocenters. The van der Waals surface area contributed by atoms with Crippen LogP contribution in [0.4, 0.5) is 0 Å². The summed E-state index contributed by atoms with van der Waals surface area (Å²) in [7, 11) is 0. The number of carbonyl (C=O) groups is 2. The lowest BCUT2D eigenvalue weighted by molar-refractivity contribution is -0.697. The van der Waals surface area contributed by atoms with Gasteiger partial charge >= 0.3 is 5.97 Å². The van der Waals surface area contributed by atoms with Gasteiger partial charge in [-0.25, -0.2) is 4.57 Å². The van der Waals surface area contributed by atoms with Gasteiger partial charge in [-0.15, -0.1) is 0 Å². The fraction of sp³-hybridized carbons (Fsp3) is 0.417. The van der Waals surface area contributed by atoms with Crippen molar-refractivity contribution < 1.29 is 18.9 Å². The highest BCUT2D eigenvalue weighted by Gasteiger charge is 2.08. The van der Waals surface area contributed by atoms with E-state index < -0.39 is 5.91 Å². The summed E-state index contributed by atoms with van der Waals surface area (Å²) in [5, 5.41) is 0. The van der Waals surface area contributed by atoms with E-state index in [4.69, 9.17) is 10.5 Å². The molecule has 1 heterocycles. The van der Waals surface area contributed by atoms with Gasteiger partial charge in [-0.1, -0.05) is 0 Å². The minimum absolute atomic E-state index is 0.195. The van der Waals surface area contributed by atoms with Gasteiger partial charge in [0.25, 0.3) is 5.91 Å². The van der Waals surface area contributed by atoms with E-state index in [2.05, 4.69) is 0 Å². The van der Waals surface area contributed by atoms with Crippen molar-refractivity contribution in [3.63, 3.8) is 0 Å². The van der Waals surface area contributed by atoms with Crippen molar-refractivity contribution in [1.82, 2.24) is 0 Å². The van der Waals surface area contributed by atoms with Crippen LogP contribution in [0.15, 0.2) is 24.5 Å². The zero-order valence-electron chi connectivity index (χ0n) is 9.89. The predicted octanol–water partition coefficient (Wildman–Crippen LogP) is 0.416. The maximum Gasteiger partial charge on any atom is 0.306 e. The molecular weight excluding hydrogens is 220 g/mol. The first-order chi connectivity index (χ1) is 8.13. The van der Waals surface area contributed by atoms with Crippen molar-refractivity contribution in [3.8, 4) is 0 Å². The number of primary amides is 1. The van der Waals surface area contributed by atoms with E-state index in [1.54, 1.807) is 25.3 Å². The lowest BCUT2D eigenvalue weighted by Crippen LogP contribution is -2.34. The topological polar surface area (TPSA) is 73.3 Å². The van der Waals surface area contributed by atoms with E-state index >= 15 is 0 Å². The molecule has 0 fully saturated rings. The highest BCUT2D eigenvalue weighted by atomic mass is 16.5. The normalized spacial score (nSPS) is 9.94. The number of nitrogens with zero attached hydrogens (tertiary/aromatic N) is 1. The molecule has 0 aromatic carbocycles. The van der Waals surface area contributed by atoms with Crippen molar-refractivity contribution >= 4 is 11.9 Å². The van der Waals surface area contributed by atoms with Gasteiger partial charge < -0.3 is 10.5 Å². The number of pyridine rings is 1. The van der Waals surface area contributed by atoms with Crippen LogP contribution < -0.4 is 10.3 Å². The van der Waals surface area contributed by atoms with Crippen molar-refractivity contribution in [3.05, 3.63) is 30.1 Å². The summed E-state index contributed by atoms with van der Waals surface area (Å²) < 4.78 is 6.65. The Morgan fingerprint density at radius 3 is 2.88 bits per heavy atom. The summed E-state index contributed by atoms with van der Waals surface area (Å²) in [5.41, 5.74) is 5.63. The first-order valence-electron chi connectivity index (χ1n) is 5.58. The molecule has 5 heteroatoms. The maximum absolute atomic E-state index is 11.1. The molecule has 0 spiro atoms. The Morgan fingerprint density at radius 2 is 2.24 bits per heavy atom. The number of esters is 1. The number of hydrogen-bond acceptors (Lipinski definition) is 3. The highest BCUT2D eigenvalue weighted by Crippen LogP contribution is 1.95. The number of amides is 1. The third-order valence-corrected chi connectivity index (χ3v) is 2.25. The van der Waals surface area contributed by atoms with Crippen LogP contribution in [-0.2, 0) is 16.1 Å². The van der Waals surface area contributed by atoms with Gasteiger partial charge in [-0.05, 0) is 13.0 Å². The quantitative estimate of drug-likeness (QED) is 0.575. The Labute approximate surface area is 100 Å². The number of nitrogens with two attached hydrogens (primary N) is 1. The molecule has 1 aromatic heterocycles. The molecule has 1 amide bonds. The molecule has 0 aliphatic rings. The molecule has 0 radical (unpaired) electrons. The summed E-state index contributed by atoms with van der Waals surface area (Å²) in [6, 6.07) is 3.41. The van der Waals surface area contributed by atoms with Gasteiger partial charge in [-0.3, -0.25) is 9.59 Å². The summed E-state index contributed by atoms with van der Waals surface area (Å²) in [5.74, 6) is -0.649. The third kappa shape index (κ3) is 4.63. The molecule has 1 aromatic rings. The van der Waals surface area contributed by atoms with Gasteiger partial charge in [0, 0.05) is 12.5 Å². The molecule has 0 bridgehead atoms. The van der Waals surface area contributed by atoms with Crippen molar-refractivity contribution in [1.29, 1.82) is 0 Å². The summed E-state index contributed by atoms with van der Waals surface area (Å²) in [4.78, 5) is 22.1. The maximum atomic E-state index is 11.1. The van der Waals surface area contributed by atoms with Crippen LogP contribution in [0.2, 0.25) is 0 Å². The number of rotatable bonds is 6. The average Bonchev–Trinajstić information content (AvgIpc) is 2.30. The lowest BCUT2D eigenvalue weighted by atomic mass is 10.2. The first-order valence-corrected chi connectivity index (χ1v) is 5.58. The van der Waals surface area contributed by atoms with Crippen LogP contribution in [0.1, 0.15) is 30.1 Å². The minimum atomic E-state index is -0.454. The number of aromatic nitrogens is 1. The van der Waals surface area contributed by atoms with E-state index in [0.717, 1.165) is 0 Å². The SMILES string of the molecule is CCOC(=O)CCC[n+]1cccc(C(N)=O)c1. The van der Waals surface area contributed by atoms with Crippen LogP contribution in [0, 0.1) is 0 Å². The highest BCUT2D eigenvalue weighted by molar-refractivity contribution is 5.92. The van der Waals surface area contributed by atoms with E-state index in [-0.39, 0.29) is 5.97 Å². The molecule has 0 aliphatic heterocycles. The van der Waals surface area contributed by atoms with Gasteiger partial charge in [0.05, 0.1) is 13.0 Å². The largest absolute Gasteiger partial charge is 0.466 e. The zero-order valence-corrected chi connectivity index (χ0v) is 9.89. The number of carbonyl (C=O) groups excluding carboxylic acids is 2. The molecule has 5 nitrogen and oxygen atoms in total. The lowest BCUT2D eigenvalue weighted by Gasteiger charge is -2.00. The van der Waals surface area contributed by atoms with Crippen LogP contribution in [-0.4, -0.2) is 18.5 Å². The second kappa shape index (κ2) is 6.62. The van der Waals surface area contributed by atoms with Crippen LogP contribution in [0.5, 0.6) is 0 Å². The zero-order chi connectivity index (χ0) is 12.7. The smallest absolute Gasteiger partial charge is 0.306 e. The first kappa shape index (κ1) is 13.2. The Morgan fingerprint density at radius 1 is 1.47 bits per heavy atom. The van der Waals surface area contributed by atoms with Crippen LogP contribution in [0.25, 0.3) is 0 Å². The second-order valence-corrected chi connectivity index (χ2v) is 3.60. The molecule has 92 valence electrons. The molecule has 0 aliphatic carbocycles. The van der Waals surface area contributed by atoms with Crippen LogP contribution in [0.3, 0.4) is 0 Å². The molecular formula is C12H17N2O3+. The summed E-state index contributed by atoms with van der Waals surface area (Å²) in [6.45, 7) is 2.84. The summed E-state index contributed by atoms with van der Waals surface area (Å²) >= 11 is 0. The molecule has 0 saturated heterocycles. The van der Waals surface area contributed by atoms with E-state index in [9.17, 15) is 9.59 Å². The van der Waals surface area contributed by atoms with Crippen molar-refractivity contribution in [2.45, 2.75) is 26.3 Å². The van der Waals surface area contributed by atoms with Gasteiger partial charge in [0.1, 0.15) is 12.1 Å². The van der Waals surface area contributed by atoms with E-state index in [0.29, 0.717) is 31.6 Å². The molecule has 1 rings (SSSR count). The van der Waals surface area contributed by atoms with E-state index in [1.807, 2.05) is 10.8 Å². The Balaban J connectivity index is 2.44. The molecule has 0 atom stereocenters. The van der Waals surface area contributed by atoms with E-state index in [1.165, 1.54) is 0 Å². The fourth-order valence-corrected chi connectivity index (χ4v) is 1.45. The number of ether oxygens (including phenoxy) is 1. The van der Waals surface area contributed by atoms with Gasteiger partial charge in [-0.2, -0.15) is 0 Å². The molecule has 2 N–H and O–H groups in total. The third-order valence-electron chi connectivity index (χ3n) is 2.25. The fourth-order valence-electron chi connectivity index (χ4n) is 1.45. The summed E-state index contributed by atoms with van der Waals surface area (Å²) in [6.07, 6.45) is 4.55. The van der Waals surface area contributed by atoms with Crippen molar-refractivity contribution in [2.24, 2.45) is 5.73 Å². The Kier molecular flexibility index (Phi) is 5.13. The number of hydrogen-bond donors (Lipinski definition) is 1. The van der Waals surface area contributed by atoms with Crippen molar-refractivity contribution in [2.75, 3.05) is 6.61 Å². The standard InChI is InChI=1S/C12H16N2O3/c1-2-17-11(15)6-4-8-14-7-3-5-10(9-14)12(13)16/h3,5,7,9H,2,4,6,8H2,1H3,(H-,13,16)/p+1. The average molecular weight is 237 g/mol. The van der Waals surface area contributed by atoms with Gasteiger partial charge in [0.2, 0.25) is 0 Å². The second-order valence-electron chi connectivity index (χ2n) is 3.60. The Hall–Kier alpha value is -1.91. The minimum Gasteiger partial charge on any atom is -0.466 e. The predicted molar refractivity (Wildman–Crippen MR) is 61.0 cm³/mol. The van der Waals surface area contributed by atoms with Gasteiger partial charge in [0.15, 0.2) is 12.4 Å². The molecule has 17 heavy (non-hydrogen) atoms.